The van der Waals surface area contributed by atoms with E-state index in [1.807, 2.05) is 25.1 Å². The minimum absolute atomic E-state index is 0.531. The van der Waals surface area contributed by atoms with E-state index in [4.69, 9.17) is 5.73 Å². The molecule has 0 spiro atoms. The lowest BCUT2D eigenvalue weighted by atomic mass is 10.0. The number of aryl methyl sites for hydroxylation is 1. The van der Waals surface area contributed by atoms with Crippen LogP contribution >= 0.6 is 0 Å². The van der Waals surface area contributed by atoms with Crippen molar-refractivity contribution >= 4 is 12.2 Å². The first-order chi connectivity index (χ1) is 7.31. The molecule has 2 rings (SSSR count). The smallest absolute Gasteiger partial charge is 0.173 e. The SMILES string of the molecule is Cc1ccc(C2=NNC=NN2)cc1CN. The Balaban J connectivity index is 2.32. The molecule has 0 fully saturated rings. The highest BCUT2D eigenvalue weighted by Gasteiger charge is 2.06. The van der Waals surface area contributed by atoms with Gasteiger partial charge in [-0.05, 0) is 24.1 Å². The van der Waals surface area contributed by atoms with Crippen LogP contribution in [0.2, 0.25) is 0 Å². The summed E-state index contributed by atoms with van der Waals surface area (Å²) in [4.78, 5) is 0. The molecule has 78 valence electrons. The third-order valence-electron chi connectivity index (χ3n) is 2.31. The predicted molar refractivity (Wildman–Crippen MR) is 60.4 cm³/mol. The maximum Gasteiger partial charge on any atom is 0.173 e. The van der Waals surface area contributed by atoms with Gasteiger partial charge in [-0.15, -0.1) is 0 Å². The van der Waals surface area contributed by atoms with Crippen LogP contribution in [0.5, 0.6) is 0 Å². The number of nitrogens with one attached hydrogen (secondary N) is 2. The molecular weight excluding hydrogens is 190 g/mol. The van der Waals surface area contributed by atoms with Crippen LogP contribution in [-0.4, -0.2) is 12.2 Å². The van der Waals surface area contributed by atoms with Gasteiger partial charge in [0.1, 0.15) is 6.34 Å². The first-order valence-corrected chi connectivity index (χ1v) is 4.72. The molecule has 0 aliphatic carbocycles. The zero-order valence-corrected chi connectivity index (χ0v) is 8.49. The summed E-state index contributed by atoms with van der Waals surface area (Å²) in [6.07, 6.45) is 1.49. The zero-order valence-electron chi connectivity index (χ0n) is 8.49. The Kier molecular flexibility index (Phi) is 2.64. The summed E-state index contributed by atoms with van der Waals surface area (Å²) in [5.74, 6) is 0.701. The van der Waals surface area contributed by atoms with Crippen molar-refractivity contribution in [3.8, 4) is 0 Å². The third kappa shape index (κ3) is 1.97. The van der Waals surface area contributed by atoms with Crippen LogP contribution in [0.4, 0.5) is 0 Å². The lowest BCUT2D eigenvalue weighted by Gasteiger charge is -2.11. The van der Waals surface area contributed by atoms with E-state index in [1.54, 1.807) is 0 Å². The van der Waals surface area contributed by atoms with E-state index < -0.39 is 0 Å². The van der Waals surface area contributed by atoms with Crippen molar-refractivity contribution in [2.45, 2.75) is 13.5 Å². The number of hydrogen-bond donors (Lipinski definition) is 3. The van der Waals surface area contributed by atoms with Crippen LogP contribution in [0, 0.1) is 6.92 Å². The van der Waals surface area contributed by atoms with Crippen molar-refractivity contribution in [1.82, 2.24) is 10.9 Å². The number of hydrazone groups is 2. The van der Waals surface area contributed by atoms with E-state index >= 15 is 0 Å². The summed E-state index contributed by atoms with van der Waals surface area (Å²) < 4.78 is 0. The topological polar surface area (TPSA) is 74.8 Å². The highest BCUT2D eigenvalue weighted by molar-refractivity contribution is 6.00. The Hall–Kier alpha value is -1.88. The maximum absolute atomic E-state index is 5.64. The monoisotopic (exact) mass is 203 g/mol. The van der Waals surface area contributed by atoms with Crippen LogP contribution in [0.25, 0.3) is 0 Å². The van der Waals surface area contributed by atoms with Gasteiger partial charge in [-0.2, -0.15) is 10.2 Å². The van der Waals surface area contributed by atoms with Gasteiger partial charge < -0.3 is 5.73 Å². The van der Waals surface area contributed by atoms with Crippen LogP contribution in [0.1, 0.15) is 16.7 Å². The molecule has 4 N–H and O–H groups in total. The number of benzene rings is 1. The van der Waals surface area contributed by atoms with Crippen molar-refractivity contribution in [3.63, 3.8) is 0 Å². The number of hydrogen-bond acceptors (Lipinski definition) is 5. The molecule has 1 aliphatic heterocycles. The average Bonchev–Trinajstić information content (AvgIpc) is 2.31. The van der Waals surface area contributed by atoms with E-state index in [1.165, 1.54) is 11.9 Å². The number of rotatable bonds is 2. The first kappa shape index (κ1) is 9.67. The van der Waals surface area contributed by atoms with E-state index in [2.05, 4.69) is 21.1 Å². The molecule has 5 heteroatoms. The second-order valence-electron chi connectivity index (χ2n) is 3.30. The lowest BCUT2D eigenvalue weighted by Crippen LogP contribution is -2.28. The summed E-state index contributed by atoms with van der Waals surface area (Å²) in [6.45, 7) is 2.57. The van der Waals surface area contributed by atoms with Crippen molar-refractivity contribution in [3.05, 3.63) is 34.9 Å². The number of nitrogens with zero attached hydrogens (tertiary/aromatic N) is 2. The van der Waals surface area contributed by atoms with Crippen LogP contribution in [0.15, 0.2) is 28.4 Å². The predicted octanol–water partition coefficient (Wildman–Crippen LogP) is 0.251. The molecule has 0 amide bonds. The Morgan fingerprint density at radius 3 is 2.93 bits per heavy atom. The summed E-state index contributed by atoms with van der Waals surface area (Å²) in [5, 5.41) is 7.93. The number of nitrogens with two attached hydrogens (primary N) is 1. The summed E-state index contributed by atoms with van der Waals surface area (Å²) in [7, 11) is 0. The van der Waals surface area contributed by atoms with Gasteiger partial charge in [0.05, 0.1) is 0 Å². The Labute approximate surface area is 88.1 Å². The molecule has 1 aromatic carbocycles. The van der Waals surface area contributed by atoms with Gasteiger partial charge >= 0.3 is 0 Å². The van der Waals surface area contributed by atoms with Crippen LogP contribution < -0.4 is 16.6 Å². The van der Waals surface area contributed by atoms with Gasteiger partial charge in [0.15, 0.2) is 5.84 Å². The Morgan fingerprint density at radius 2 is 2.27 bits per heavy atom. The van der Waals surface area contributed by atoms with Gasteiger partial charge in [0.2, 0.25) is 0 Å². The molecule has 0 atom stereocenters. The minimum atomic E-state index is 0.531. The van der Waals surface area contributed by atoms with Gasteiger partial charge in [-0.1, -0.05) is 12.1 Å². The van der Waals surface area contributed by atoms with Crippen LogP contribution in [-0.2, 0) is 6.54 Å². The molecule has 15 heavy (non-hydrogen) atoms. The van der Waals surface area contributed by atoms with E-state index in [9.17, 15) is 0 Å². The molecular formula is C10H13N5. The lowest BCUT2D eigenvalue weighted by molar-refractivity contribution is 0.904. The van der Waals surface area contributed by atoms with E-state index in [0.717, 1.165) is 11.1 Å². The largest absolute Gasteiger partial charge is 0.326 e. The minimum Gasteiger partial charge on any atom is -0.326 e. The number of amidine groups is 1. The maximum atomic E-state index is 5.64. The molecule has 0 aromatic heterocycles. The fourth-order valence-corrected chi connectivity index (χ4v) is 1.41. The van der Waals surface area contributed by atoms with Crippen molar-refractivity contribution < 1.29 is 0 Å². The fourth-order valence-electron chi connectivity index (χ4n) is 1.41. The molecule has 0 saturated heterocycles. The van der Waals surface area contributed by atoms with Gasteiger partial charge in [-0.3, -0.25) is 10.9 Å². The zero-order chi connectivity index (χ0) is 10.7. The van der Waals surface area contributed by atoms with Crippen molar-refractivity contribution in [1.29, 1.82) is 0 Å². The molecule has 0 radical (unpaired) electrons. The van der Waals surface area contributed by atoms with Crippen LogP contribution in [0.3, 0.4) is 0 Å². The van der Waals surface area contributed by atoms with Gasteiger partial charge in [0, 0.05) is 12.1 Å². The normalized spacial score (nSPS) is 14.1. The van der Waals surface area contributed by atoms with E-state index in [0.29, 0.717) is 12.4 Å². The standard InChI is InChI=1S/C10H13N5/c1-7-2-3-8(4-9(7)5-11)10-14-12-6-13-15-10/h2-4,6H,5,11H2,1H3,(H,12,13)(H,14,15). The highest BCUT2D eigenvalue weighted by Crippen LogP contribution is 2.11. The first-order valence-electron chi connectivity index (χ1n) is 4.72. The van der Waals surface area contributed by atoms with Gasteiger partial charge in [0.25, 0.3) is 0 Å². The van der Waals surface area contributed by atoms with Crippen molar-refractivity contribution in [2.24, 2.45) is 15.9 Å². The quantitative estimate of drug-likeness (QED) is 0.645. The second kappa shape index (κ2) is 4.10. The van der Waals surface area contributed by atoms with E-state index in [-0.39, 0.29) is 0 Å². The second-order valence-corrected chi connectivity index (χ2v) is 3.30. The summed E-state index contributed by atoms with van der Waals surface area (Å²) >= 11 is 0. The molecule has 5 nitrogen and oxygen atoms in total. The molecule has 0 unspecified atom stereocenters. The third-order valence-corrected chi connectivity index (χ3v) is 2.31. The van der Waals surface area contributed by atoms with Gasteiger partial charge in [-0.25, -0.2) is 0 Å². The molecule has 0 saturated carbocycles. The highest BCUT2D eigenvalue weighted by atomic mass is 15.5. The fraction of sp³-hybridized carbons (Fsp3) is 0.200. The molecule has 1 aromatic rings. The van der Waals surface area contributed by atoms with Crippen molar-refractivity contribution in [2.75, 3.05) is 0 Å². The molecule has 1 aliphatic rings. The average molecular weight is 203 g/mol. The Bertz CT molecular complexity index is 422. The Morgan fingerprint density at radius 1 is 1.40 bits per heavy atom. The molecule has 1 heterocycles. The summed E-state index contributed by atoms with van der Waals surface area (Å²) in [5.41, 5.74) is 14.4. The summed E-state index contributed by atoms with van der Waals surface area (Å²) in [6, 6.07) is 6.03. The molecule has 0 bridgehead atoms.